The van der Waals surface area contributed by atoms with Gasteiger partial charge in [0, 0.05) is 48.3 Å². The highest BCUT2D eigenvalue weighted by Gasteiger charge is 2.32. The second-order valence-electron chi connectivity index (χ2n) is 11.3. The van der Waals surface area contributed by atoms with Gasteiger partial charge in [0.05, 0.1) is 5.69 Å². The maximum absolute atomic E-state index is 16.6. The first-order valence-electron chi connectivity index (χ1n) is 15.2. The first kappa shape index (κ1) is 32.9. The second-order valence-corrected chi connectivity index (χ2v) is 11.7. The fourth-order valence-electron chi connectivity index (χ4n) is 5.78. The van der Waals surface area contributed by atoms with Gasteiger partial charge < -0.3 is 10.2 Å². The molecule has 0 fully saturated rings. The minimum atomic E-state index is -0.405. The summed E-state index contributed by atoms with van der Waals surface area (Å²) in [7, 11) is 2.04. The minimum Gasteiger partial charge on any atom is -0.322 e. The SMILES string of the molecule is CC.CCC/C(C)=C(\C(=O)C(C)C)C1=C(C(C)CC)c2c(cnc(Nc3nc(Cl)nc4c3CN(C)CC4)c2F)CC1. The summed E-state index contributed by atoms with van der Waals surface area (Å²) in [6.45, 7) is 17.8. The molecular weight excluding hydrogens is 537 g/mol. The molecule has 0 saturated heterocycles. The zero-order chi connectivity index (χ0) is 30.4. The van der Waals surface area contributed by atoms with E-state index in [1.54, 1.807) is 6.20 Å². The van der Waals surface area contributed by atoms with Crippen LogP contribution in [-0.4, -0.2) is 39.2 Å². The van der Waals surface area contributed by atoms with E-state index < -0.39 is 5.82 Å². The largest absolute Gasteiger partial charge is 0.322 e. The number of anilines is 2. The lowest BCUT2D eigenvalue weighted by atomic mass is 9.74. The number of ketones is 1. The Labute approximate surface area is 250 Å². The predicted octanol–water partition coefficient (Wildman–Crippen LogP) is 8.51. The maximum Gasteiger partial charge on any atom is 0.224 e. The van der Waals surface area contributed by atoms with Crippen LogP contribution in [0.3, 0.4) is 0 Å². The maximum atomic E-state index is 16.6. The van der Waals surface area contributed by atoms with E-state index in [-0.39, 0.29) is 28.7 Å². The standard InChI is InChI=1S/C31H41ClFN5O.C2H6/c1-8-10-19(6)25(28(39)17(3)4)21-12-11-20-15-34-30(27(33)26(20)24(21)18(5)9-2)36-29-22-16-38(7)14-13-23(22)35-31(32)37-29;1-2/h15,17-18H,8-14,16H2,1-7H3,(H,34,35,36,37);1-2H3/b25-19-;. The number of allylic oxidation sites excluding steroid dienone is 4. The van der Waals surface area contributed by atoms with Gasteiger partial charge in [-0.05, 0) is 73.9 Å². The fourth-order valence-corrected chi connectivity index (χ4v) is 5.97. The number of aryl methyl sites for hydroxylation is 1. The lowest BCUT2D eigenvalue weighted by Gasteiger charge is -2.30. The molecule has 0 spiro atoms. The molecule has 1 atom stereocenters. The molecule has 0 bridgehead atoms. The summed E-state index contributed by atoms with van der Waals surface area (Å²) < 4.78 is 16.6. The minimum absolute atomic E-state index is 0.0723. The summed E-state index contributed by atoms with van der Waals surface area (Å²) in [6.07, 6.45) is 6.50. The number of rotatable bonds is 9. The van der Waals surface area contributed by atoms with Gasteiger partial charge in [-0.15, -0.1) is 0 Å². The number of likely N-dealkylation sites (N-methyl/N-ethyl adjacent to an activating group) is 1. The van der Waals surface area contributed by atoms with Gasteiger partial charge in [0.2, 0.25) is 5.28 Å². The van der Waals surface area contributed by atoms with Crippen LogP contribution in [-0.2, 0) is 24.2 Å². The average Bonchev–Trinajstić information content (AvgIpc) is 2.95. The van der Waals surface area contributed by atoms with E-state index in [1.165, 1.54) is 0 Å². The number of pyridine rings is 1. The van der Waals surface area contributed by atoms with E-state index in [0.717, 1.165) is 71.3 Å². The summed E-state index contributed by atoms with van der Waals surface area (Å²) >= 11 is 6.25. The number of hydrogen-bond acceptors (Lipinski definition) is 6. The van der Waals surface area contributed by atoms with Crippen LogP contribution in [0, 0.1) is 17.7 Å². The Hall–Kier alpha value is -2.64. The molecule has 6 nitrogen and oxygen atoms in total. The molecule has 8 heteroatoms. The first-order valence-corrected chi connectivity index (χ1v) is 15.6. The number of Topliss-reactive ketones (excluding diaryl/α,β-unsaturated/α-hetero) is 1. The van der Waals surface area contributed by atoms with Crippen LogP contribution in [0.2, 0.25) is 5.28 Å². The number of nitrogens with zero attached hydrogens (tertiary/aromatic N) is 4. The highest BCUT2D eigenvalue weighted by atomic mass is 35.5. The van der Waals surface area contributed by atoms with Crippen molar-refractivity contribution in [3.63, 3.8) is 0 Å². The fraction of sp³-hybridized carbons (Fsp3) is 0.576. The first-order chi connectivity index (χ1) is 19.6. The molecule has 2 aliphatic rings. The van der Waals surface area contributed by atoms with Crippen molar-refractivity contribution in [3.05, 3.63) is 56.4 Å². The second kappa shape index (κ2) is 14.5. The normalized spacial score (nSPS) is 16.4. The predicted molar refractivity (Wildman–Crippen MR) is 168 cm³/mol. The molecule has 224 valence electrons. The number of carbonyl (C=O) groups is 1. The molecule has 0 radical (unpaired) electrons. The van der Waals surface area contributed by atoms with Gasteiger partial charge in [-0.2, -0.15) is 0 Å². The number of carbonyl (C=O) groups excluding carboxylic acids is 1. The molecule has 41 heavy (non-hydrogen) atoms. The topological polar surface area (TPSA) is 71.0 Å². The molecule has 1 unspecified atom stereocenters. The van der Waals surface area contributed by atoms with Crippen molar-refractivity contribution in [2.24, 2.45) is 11.8 Å². The third kappa shape index (κ3) is 7.06. The summed E-state index contributed by atoms with van der Waals surface area (Å²) in [5.41, 5.74) is 7.08. The molecule has 0 aromatic carbocycles. The van der Waals surface area contributed by atoms with Gasteiger partial charge in [0.25, 0.3) is 0 Å². The molecule has 1 aliphatic carbocycles. The van der Waals surface area contributed by atoms with Gasteiger partial charge in [0.15, 0.2) is 17.4 Å². The number of fused-ring (bicyclic) bond motifs is 2. The number of halogens is 2. The van der Waals surface area contributed by atoms with E-state index in [4.69, 9.17) is 11.6 Å². The zero-order valence-corrected chi connectivity index (χ0v) is 27.1. The summed E-state index contributed by atoms with van der Waals surface area (Å²) in [4.78, 5) is 29.1. The van der Waals surface area contributed by atoms with E-state index in [1.807, 2.05) is 34.7 Å². The Morgan fingerprint density at radius 3 is 2.46 bits per heavy atom. The molecule has 1 N–H and O–H groups in total. The Balaban J connectivity index is 0.00000226. The van der Waals surface area contributed by atoms with Crippen molar-refractivity contribution in [2.75, 3.05) is 18.9 Å². The van der Waals surface area contributed by atoms with Crippen LogP contribution in [0.25, 0.3) is 5.57 Å². The van der Waals surface area contributed by atoms with Crippen LogP contribution in [0.5, 0.6) is 0 Å². The lowest BCUT2D eigenvalue weighted by molar-refractivity contribution is -0.118. The van der Waals surface area contributed by atoms with Crippen molar-refractivity contribution in [1.29, 1.82) is 0 Å². The van der Waals surface area contributed by atoms with Crippen LogP contribution in [0.1, 0.15) is 103 Å². The summed E-state index contributed by atoms with van der Waals surface area (Å²) in [6, 6.07) is 0. The number of aromatic nitrogens is 3. The van der Waals surface area contributed by atoms with Crippen molar-refractivity contribution < 1.29 is 9.18 Å². The van der Waals surface area contributed by atoms with Crippen LogP contribution in [0.15, 0.2) is 22.9 Å². The van der Waals surface area contributed by atoms with E-state index in [2.05, 4.69) is 52.9 Å². The van der Waals surface area contributed by atoms with Gasteiger partial charge in [0.1, 0.15) is 5.82 Å². The van der Waals surface area contributed by atoms with Crippen molar-refractivity contribution in [3.8, 4) is 0 Å². The highest BCUT2D eigenvalue weighted by Crippen LogP contribution is 2.44. The van der Waals surface area contributed by atoms with Crippen molar-refractivity contribution >= 4 is 34.6 Å². The van der Waals surface area contributed by atoms with E-state index in [9.17, 15) is 4.79 Å². The summed E-state index contributed by atoms with van der Waals surface area (Å²) in [5, 5.41) is 3.30. The average molecular weight is 584 g/mol. The van der Waals surface area contributed by atoms with Gasteiger partial charge in [-0.3, -0.25) is 4.79 Å². The number of nitrogens with one attached hydrogen (secondary N) is 1. The Kier molecular flexibility index (Phi) is 11.6. The zero-order valence-electron chi connectivity index (χ0n) is 26.3. The van der Waals surface area contributed by atoms with E-state index in [0.29, 0.717) is 30.8 Å². The molecule has 0 amide bonds. The highest BCUT2D eigenvalue weighted by molar-refractivity contribution is 6.28. The van der Waals surface area contributed by atoms with Crippen LogP contribution in [0.4, 0.5) is 16.0 Å². The molecule has 2 aromatic heterocycles. The monoisotopic (exact) mass is 583 g/mol. The summed E-state index contributed by atoms with van der Waals surface area (Å²) in [5.74, 6) is 0.277. The van der Waals surface area contributed by atoms with Crippen molar-refractivity contribution in [2.45, 2.75) is 100 Å². The van der Waals surface area contributed by atoms with Crippen LogP contribution < -0.4 is 5.32 Å². The van der Waals surface area contributed by atoms with Gasteiger partial charge in [-0.1, -0.05) is 60.5 Å². The molecule has 2 aromatic rings. The molecule has 1 aliphatic heterocycles. The van der Waals surface area contributed by atoms with Gasteiger partial charge >= 0.3 is 0 Å². The third-order valence-corrected chi connectivity index (χ3v) is 8.20. The Morgan fingerprint density at radius 1 is 1.12 bits per heavy atom. The Bertz CT molecular complexity index is 1330. The van der Waals surface area contributed by atoms with Crippen molar-refractivity contribution in [1.82, 2.24) is 19.9 Å². The Morgan fingerprint density at radius 2 is 1.83 bits per heavy atom. The lowest BCUT2D eigenvalue weighted by Crippen LogP contribution is -2.28. The molecule has 0 saturated carbocycles. The van der Waals surface area contributed by atoms with Gasteiger partial charge in [-0.25, -0.2) is 19.3 Å². The van der Waals surface area contributed by atoms with Crippen LogP contribution >= 0.6 is 11.6 Å². The molecular formula is C33H47ClFN5O. The molecule has 4 rings (SSSR count). The third-order valence-electron chi connectivity index (χ3n) is 8.03. The quantitative estimate of drug-likeness (QED) is 0.236. The number of hydrogen-bond donors (Lipinski definition) is 1. The smallest absolute Gasteiger partial charge is 0.224 e. The van der Waals surface area contributed by atoms with E-state index >= 15 is 4.39 Å². The molecule has 3 heterocycles.